The zero-order valence-electron chi connectivity index (χ0n) is 15.7. The number of carbonyl (C=O) groups is 2. The number of hydrogen-bond acceptors (Lipinski definition) is 4. The van der Waals surface area contributed by atoms with Crippen molar-refractivity contribution in [3.63, 3.8) is 0 Å². The predicted molar refractivity (Wildman–Crippen MR) is 108 cm³/mol. The van der Waals surface area contributed by atoms with E-state index in [2.05, 4.69) is 15.4 Å². The monoisotopic (exact) mass is 404 g/mol. The van der Waals surface area contributed by atoms with Crippen LogP contribution in [0, 0.1) is 6.92 Å². The summed E-state index contributed by atoms with van der Waals surface area (Å²) in [6.45, 7) is 3.63. The van der Waals surface area contributed by atoms with Gasteiger partial charge in [0.15, 0.2) is 0 Å². The van der Waals surface area contributed by atoms with E-state index in [0.717, 1.165) is 0 Å². The summed E-state index contributed by atoms with van der Waals surface area (Å²) in [6.07, 6.45) is 1.10. The fraction of sp³-hybridized carbons (Fsp3) is 0.263. The summed E-state index contributed by atoms with van der Waals surface area (Å²) in [5.74, 6) is -0.429. The second-order valence-electron chi connectivity index (χ2n) is 6.29. The first-order valence-corrected chi connectivity index (χ1v) is 10.3. The van der Waals surface area contributed by atoms with Crippen LogP contribution in [0.2, 0.25) is 0 Å². The molecule has 0 aliphatic carbocycles. The SMILES string of the molecule is CCC[C@@H](NC(N)=O)C(=O)Nc1ccc(C)c(NS(=O)(=O)c2ccccc2)c1. The molecule has 0 bridgehead atoms. The molecule has 0 aliphatic rings. The van der Waals surface area contributed by atoms with E-state index in [1.165, 1.54) is 18.2 Å². The van der Waals surface area contributed by atoms with E-state index < -0.39 is 28.0 Å². The van der Waals surface area contributed by atoms with Crippen LogP contribution in [0.25, 0.3) is 0 Å². The van der Waals surface area contributed by atoms with Crippen molar-refractivity contribution in [1.29, 1.82) is 0 Å². The van der Waals surface area contributed by atoms with Crippen molar-refractivity contribution in [2.75, 3.05) is 10.0 Å². The van der Waals surface area contributed by atoms with Crippen LogP contribution in [0.3, 0.4) is 0 Å². The summed E-state index contributed by atoms with van der Waals surface area (Å²) in [5.41, 5.74) is 6.55. The molecule has 1 atom stereocenters. The Labute approximate surface area is 164 Å². The van der Waals surface area contributed by atoms with E-state index in [9.17, 15) is 18.0 Å². The molecule has 8 nitrogen and oxygen atoms in total. The lowest BCUT2D eigenvalue weighted by atomic mass is 10.1. The highest BCUT2D eigenvalue weighted by Gasteiger charge is 2.20. The third kappa shape index (κ3) is 5.71. The molecule has 28 heavy (non-hydrogen) atoms. The highest BCUT2D eigenvalue weighted by molar-refractivity contribution is 7.92. The van der Waals surface area contributed by atoms with Crippen LogP contribution in [0.1, 0.15) is 25.3 Å². The maximum atomic E-state index is 12.5. The smallest absolute Gasteiger partial charge is 0.312 e. The van der Waals surface area contributed by atoms with Crippen molar-refractivity contribution < 1.29 is 18.0 Å². The second kappa shape index (κ2) is 9.23. The molecule has 0 spiro atoms. The summed E-state index contributed by atoms with van der Waals surface area (Å²) in [4.78, 5) is 23.6. The van der Waals surface area contributed by atoms with Gasteiger partial charge in [-0.25, -0.2) is 13.2 Å². The molecule has 2 aromatic carbocycles. The molecule has 0 aromatic heterocycles. The number of benzene rings is 2. The van der Waals surface area contributed by atoms with Crippen LogP contribution in [0.5, 0.6) is 0 Å². The van der Waals surface area contributed by atoms with Crippen LogP contribution in [-0.2, 0) is 14.8 Å². The average Bonchev–Trinajstić information content (AvgIpc) is 2.64. The highest BCUT2D eigenvalue weighted by Crippen LogP contribution is 2.24. The Morgan fingerprint density at radius 2 is 1.79 bits per heavy atom. The highest BCUT2D eigenvalue weighted by atomic mass is 32.2. The third-order valence-corrected chi connectivity index (χ3v) is 5.39. The molecule has 0 aliphatic heterocycles. The van der Waals surface area contributed by atoms with Crippen LogP contribution in [0.15, 0.2) is 53.4 Å². The van der Waals surface area contributed by atoms with Crippen molar-refractivity contribution in [1.82, 2.24) is 5.32 Å². The molecule has 0 saturated heterocycles. The number of anilines is 2. The Morgan fingerprint density at radius 1 is 1.11 bits per heavy atom. The summed E-state index contributed by atoms with van der Waals surface area (Å²) in [5, 5.41) is 5.08. The molecule has 3 amide bonds. The van der Waals surface area contributed by atoms with Gasteiger partial charge in [-0.3, -0.25) is 9.52 Å². The molecular formula is C19H24N4O4S. The number of aryl methyl sites for hydroxylation is 1. The number of hydrogen-bond donors (Lipinski definition) is 4. The lowest BCUT2D eigenvalue weighted by Gasteiger charge is -2.17. The first-order chi connectivity index (χ1) is 13.2. The molecule has 2 rings (SSSR count). The molecule has 150 valence electrons. The maximum Gasteiger partial charge on any atom is 0.312 e. The molecule has 9 heteroatoms. The van der Waals surface area contributed by atoms with Crippen molar-refractivity contribution in [2.45, 2.75) is 37.6 Å². The van der Waals surface area contributed by atoms with E-state index in [-0.39, 0.29) is 4.90 Å². The largest absolute Gasteiger partial charge is 0.352 e. The van der Waals surface area contributed by atoms with E-state index >= 15 is 0 Å². The number of carbonyl (C=O) groups excluding carboxylic acids is 2. The number of amides is 3. The quantitative estimate of drug-likeness (QED) is 0.538. The van der Waals surface area contributed by atoms with E-state index in [1.807, 2.05) is 6.92 Å². The van der Waals surface area contributed by atoms with Crippen molar-refractivity contribution in [3.05, 3.63) is 54.1 Å². The third-order valence-electron chi connectivity index (χ3n) is 4.01. The Morgan fingerprint density at radius 3 is 2.39 bits per heavy atom. The standard InChI is InChI=1S/C19H24N4O4S/c1-3-7-16(22-19(20)25)18(24)21-14-11-10-13(2)17(12-14)23-28(26,27)15-8-5-4-6-9-15/h4-6,8-12,16,23H,3,7H2,1-2H3,(H,21,24)(H3,20,22,25)/t16-/m1/s1. The summed E-state index contributed by atoms with van der Waals surface area (Å²) in [6, 6.07) is 11.3. The van der Waals surface area contributed by atoms with Gasteiger partial charge < -0.3 is 16.4 Å². The van der Waals surface area contributed by atoms with Crippen LogP contribution < -0.4 is 21.1 Å². The summed E-state index contributed by atoms with van der Waals surface area (Å²) >= 11 is 0. The van der Waals surface area contributed by atoms with Crippen LogP contribution >= 0.6 is 0 Å². The topological polar surface area (TPSA) is 130 Å². The van der Waals surface area contributed by atoms with Crippen molar-refractivity contribution in [3.8, 4) is 0 Å². The molecular weight excluding hydrogens is 380 g/mol. The number of sulfonamides is 1. The Balaban J connectivity index is 2.21. The van der Waals surface area contributed by atoms with E-state index in [1.54, 1.807) is 37.3 Å². The molecule has 0 unspecified atom stereocenters. The fourth-order valence-corrected chi connectivity index (χ4v) is 3.71. The molecule has 2 aromatic rings. The minimum atomic E-state index is -3.76. The first kappa shape index (κ1) is 21.2. The number of nitrogens with one attached hydrogen (secondary N) is 3. The minimum absolute atomic E-state index is 0.137. The molecule has 5 N–H and O–H groups in total. The minimum Gasteiger partial charge on any atom is -0.352 e. The lowest BCUT2D eigenvalue weighted by molar-refractivity contribution is -0.118. The van der Waals surface area contributed by atoms with Gasteiger partial charge in [0.2, 0.25) is 5.91 Å². The van der Waals surface area contributed by atoms with Crippen molar-refractivity contribution in [2.24, 2.45) is 5.73 Å². The fourth-order valence-electron chi connectivity index (χ4n) is 2.57. The Kier molecular flexibility index (Phi) is 7.00. The Bertz CT molecular complexity index is 946. The number of primary amides is 1. The predicted octanol–water partition coefficient (Wildman–Crippen LogP) is 2.57. The van der Waals surface area contributed by atoms with Gasteiger partial charge in [-0.05, 0) is 43.2 Å². The van der Waals surface area contributed by atoms with Crippen LogP contribution in [0.4, 0.5) is 16.2 Å². The first-order valence-electron chi connectivity index (χ1n) is 8.78. The number of urea groups is 1. The van der Waals surface area contributed by atoms with Gasteiger partial charge in [0.05, 0.1) is 10.6 Å². The van der Waals surface area contributed by atoms with Gasteiger partial charge in [-0.1, -0.05) is 37.6 Å². The van der Waals surface area contributed by atoms with Gasteiger partial charge in [-0.15, -0.1) is 0 Å². The zero-order valence-corrected chi connectivity index (χ0v) is 16.5. The Hall–Kier alpha value is -3.07. The lowest BCUT2D eigenvalue weighted by Crippen LogP contribution is -2.46. The van der Waals surface area contributed by atoms with Gasteiger partial charge in [0.25, 0.3) is 10.0 Å². The van der Waals surface area contributed by atoms with Gasteiger partial charge >= 0.3 is 6.03 Å². The second-order valence-corrected chi connectivity index (χ2v) is 7.97. The number of nitrogens with two attached hydrogens (primary N) is 1. The average molecular weight is 404 g/mol. The normalized spacial score (nSPS) is 12.1. The van der Waals surface area contributed by atoms with Crippen molar-refractivity contribution >= 4 is 33.3 Å². The van der Waals surface area contributed by atoms with Gasteiger partial charge in [-0.2, -0.15) is 0 Å². The zero-order chi connectivity index (χ0) is 20.7. The summed E-state index contributed by atoms with van der Waals surface area (Å²) in [7, 11) is -3.76. The molecule has 0 radical (unpaired) electrons. The van der Waals surface area contributed by atoms with Gasteiger partial charge in [0, 0.05) is 5.69 Å². The van der Waals surface area contributed by atoms with E-state index in [4.69, 9.17) is 5.73 Å². The summed E-state index contributed by atoms with van der Waals surface area (Å²) < 4.78 is 27.6. The van der Waals surface area contributed by atoms with Gasteiger partial charge in [0.1, 0.15) is 6.04 Å². The van der Waals surface area contributed by atoms with E-state index in [0.29, 0.717) is 29.8 Å². The molecule has 0 saturated carbocycles. The number of rotatable bonds is 8. The maximum absolute atomic E-state index is 12.5. The molecule has 0 heterocycles. The molecule has 0 fully saturated rings. The van der Waals surface area contributed by atoms with Crippen LogP contribution in [-0.4, -0.2) is 26.4 Å².